The van der Waals surface area contributed by atoms with E-state index in [4.69, 9.17) is 15.2 Å². The lowest BCUT2D eigenvalue weighted by Gasteiger charge is -2.13. The highest BCUT2D eigenvalue weighted by Crippen LogP contribution is 2.25. The zero-order valence-corrected chi connectivity index (χ0v) is 10.7. The number of benzene rings is 1. The molecule has 2 rings (SSSR count). The highest BCUT2D eigenvalue weighted by atomic mass is 16.5. The minimum Gasteiger partial charge on any atom is -0.493 e. The molecule has 1 unspecified atom stereocenters. The summed E-state index contributed by atoms with van der Waals surface area (Å²) in [6, 6.07) is 3.98. The Kier molecular flexibility index (Phi) is 3.89. The number of nitrogen functional groups attached to an aromatic ring is 1. The van der Waals surface area contributed by atoms with Crippen LogP contribution in [0, 0.1) is 13.8 Å². The third-order valence-electron chi connectivity index (χ3n) is 3.28. The summed E-state index contributed by atoms with van der Waals surface area (Å²) < 4.78 is 11.4. The van der Waals surface area contributed by atoms with Gasteiger partial charge in [0, 0.05) is 18.7 Å². The van der Waals surface area contributed by atoms with Gasteiger partial charge in [0.2, 0.25) is 0 Å². The number of aryl methyl sites for hydroxylation is 2. The van der Waals surface area contributed by atoms with Gasteiger partial charge in [-0.2, -0.15) is 0 Å². The van der Waals surface area contributed by atoms with Crippen LogP contribution >= 0.6 is 0 Å². The van der Waals surface area contributed by atoms with E-state index in [1.165, 1.54) is 12.8 Å². The molecule has 1 fully saturated rings. The Balaban J connectivity index is 1.87. The van der Waals surface area contributed by atoms with Gasteiger partial charge in [0.25, 0.3) is 0 Å². The van der Waals surface area contributed by atoms with E-state index in [1.54, 1.807) is 0 Å². The zero-order chi connectivity index (χ0) is 12.3. The molecule has 3 nitrogen and oxygen atoms in total. The molecule has 0 radical (unpaired) electrons. The molecule has 1 aliphatic rings. The Morgan fingerprint density at radius 2 is 2.18 bits per heavy atom. The van der Waals surface area contributed by atoms with E-state index in [1.807, 2.05) is 26.0 Å². The fourth-order valence-corrected chi connectivity index (χ4v) is 2.14. The highest BCUT2D eigenvalue weighted by Gasteiger charge is 2.15. The van der Waals surface area contributed by atoms with E-state index in [-0.39, 0.29) is 0 Å². The van der Waals surface area contributed by atoms with Gasteiger partial charge in [0.15, 0.2) is 0 Å². The summed E-state index contributed by atoms with van der Waals surface area (Å²) in [7, 11) is 0. The molecule has 1 atom stereocenters. The molecule has 1 aromatic rings. The predicted octanol–water partition coefficient (Wildman–Crippen LogP) is 2.83. The number of hydrogen-bond donors (Lipinski definition) is 1. The first-order valence-corrected chi connectivity index (χ1v) is 6.28. The second kappa shape index (κ2) is 5.41. The van der Waals surface area contributed by atoms with Crippen molar-refractivity contribution in [2.75, 3.05) is 18.9 Å². The monoisotopic (exact) mass is 235 g/mol. The second-order valence-corrected chi connectivity index (χ2v) is 4.75. The first-order valence-electron chi connectivity index (χ1n) is 6.28. The van der Waals surface area contributed by atoms with E-state index < -0.39 is 0 Å². The molecule has 17 heavy (non-hydrogen) atoms. The lowest BCUT2D eigenvalue weighted by atomic mass is 10.1. The smallest absolute Gasteiger partial charge is 0.122 e. The fourth-order valence-electron chi connectivity index (χ4n) is 2.14. The molecule has 94 valence electrons. The van der Waals surface area contributed by atoms with Crippen molar-refractivity contribution in [3.8, 4) is 5.75 Å². The van der Waals surface area contributed by atoms with Crippen molar-refractivity contribution in [2.45, 2.75) is 39.2 Å². The molecule has 1 aliphatic heterocycles. The Hall–Kier alpha value is -1.22. The van der Waals surface area contributed by atoms with Gasteiger partial charge >= 0.3 is 0 Å². The summed E-state index contributed by atoms with van der Waals surface area (Å²) in [5, 5.41) is 0. The predicted molar refractivity (Wildman–Crippen MR) is 69.4 cm³/mol. The third kappa shape index (κ3) is 3.13. The van der Waals surface area contributed by atoms with Crippen LogP contribution in [0.3, 0.4) is 0 Å². The van der Waals surface area contributed by atoms with Gasteiger partial charge in [-0.25, -0.2) is 0 Å². The molecule has 3 heteroatoms. The average molecular weight is 235 g/mol. The van der Waals surface area contributed by atoms with E-state index in [9.17, 15) is 0 Å². The van der Waals surface area contributed by atoms with Gasteiger partial charge < -0.3 is 15.2 Å². The lowest BCUT2D eigenvalue weighted by Crippen LogP contribution is -2.11. The van der Waals surface area contributed by atoms with Crippen molar-refractivity contribution in [3.63, 3.8) is 0 Å². The van der Waals surface area contributed by atoms with Crippen LogP contribution in [-0.2, 0) is 4.74 Å². The van der Waals surface area contributed by atoms with Crippen molar-refractivity contribution in [3.05, 3.63) is 23.3 Å². The molecular weight excluding hydrogens is 214 g/mol. The van der Waals surface area contributed by atoms with Crippen LogP contribution in [0.4, 0.5) is 5.69 Å². The van der Waals surface area contributed by atoms with Crippen LogP contribution in [0.5, 0.6) is 5.75 Å². The first kappa shape index (κ1) is 12.2. The summed E-state index contributed by atoms with van der Waals surface area (Å²) in [5.41, 5.74) is 8.84. The van der Waals surface area contributed by atoms with Crippen LogP contribution in [0.2, 0.25) is 0 Å². The first-order chi connectivity index (χ1) is 8.16. The molecule has 0 amide bonds. The Morgan fingerprint density at radius 3 is 2.88 bits per heavy atom. The summed E-state index contributed by atoms with van der Waals surface area (Å²) in [6.45, 7) is 5.65. The van der Waals surface area contributed by atoms with Gasteiger partial charge in [0.05, 0.1) is 12.7 Å². The van der Waals surface area contributed by atoms with Crippen molar-refractivity contribution < 1.29 is 9.47 Å². The van der Waals surface area contributed by atoms with Crippen molar-refractivity contribution in [1.29, 1.82) is 0 Å². The Morgan fingerprint density at radius 1 is 1.35 bits per heavy atom. The quantitative estimate of drug-likeness (QED) is 0.816. The summed E-state index contributed by atoms with van der Waals surface area (Å²) >= 11 is 0. The van der Waals surface area contributed by atoms with Gasteiger partial charge in [-0.15, -0.1) is 0 Å². The third-order valence-corrected chi connectivity index (χ3v) is 3.28. The van der Waals surface area contributed by atoms with Crippen LogP contribution in [0.15, 0.2) is 12.1 Å². The SMILES string of the molecule is Cc1cc(OCCC2CCCO2)c(C)cc1N. The van der Waals surface area contributed by atoms with E-state index in [0.29, 0.717) is 6.10 Å². The maximum absolute atomic E-state index is 5.84. The van der Waals surface area contributed by atoms with Crippen LogP contribution in [0.1, 0.15) is 30.4 Å². The van der Waals surface area contributed by atoms with Gasteiger partial charge in [-0.05, 0) is 49.9 Å². The zero-order valence-electron chi connectivity index (χ0n) is 10.7. The molecule has 2 N–H and O–H groups in total. The maximum atomic E-state index is 5.84. The minimum atomic E-state index is 0.394. The maximum Gasteiger partial charge on any atom is 0.122 e. The fraction of sp³-hybridized carbons (Fsp3) is 0.571. The van der Waals surface area contributed by atoms with Crippen molar-refractivity contribution in [1.82, 2.24) is 0 Å². The standard InChI is InChI=1S/C14H21NO2/c1-10-9-14(11(2)8-13(10)15)17-7-5-12-4-3-6-16-12/h8-9,12H,3-7,15H2,1-2H3. The molecular formula is C14H21NO2. The number of hydrogen-bond acceptors (Lipinski definition) is 3. The Bertz CT molecular complexity index is 384. The van der Waals surface area contributed by atoms with E-state index >= 15 is 0 Å². The van der Waals surface area contributed by atoms with Crippen molar-refractivity contribution >= 4 is 5.69 Å². The summed E-state index contributed by atoms with van der Waals surface area (Å²) in [5.74, 6) is 0.940. The molecule has 1 saturated heterocycles. The van der Waals surface area contributed by atoms with Crippen LogP contribution < -0.4 is 10.5 Å². The average Bonchev–Trinajstić information content (AvgIpc) is 2.78. The van der Waals surface area contributed by atoms with E-state index in [0.717, 1.165) is 42.2 Å². The highest BCUT2D eigenvalue weighted by molar-refractivity contribution is 5.53. The Labute approximate surface area is 103 Å². The van der Waals surface area contributed by atoms with Crippen LogP contribution in [0.25, 0.3) is 0 Å². The molecule has 1 aromatic carbocycles. The summed E-state index contributed by atoms with van der Waals surface area (Å²) in [6.07, 6.45) is 3.72. The van der Waals surface area contributed by atoms with Crippen LogP contribution in [-0.4, -0.2) is 19.3 Å². The minimum absolute atomic E-state index is 0.394. The van der Waals surface area contributed by atoms with Gasteiger partial charge in [0.1, 0.15) is 5.75 Å². The second-order valence-electron chi connectivity index (χ2n) is 4.75. The van der Waals surface area contributed by atoms with Gasteiger partial charge in [-0.3, -0.25) is 0 Å². The lowest BCUT2D eigenvalue weighted by molar-refractivity contribution is 0.0902. The number of nitrogens with two attached hydrogens (primary N) is 1. The summed E-state index contributed by atoms with van der Waals surface area (Å²) in [4.78, 5) is 0. The normalized spacial score (nSPS) is 19.5. The molecule has 0 aliphatic carbocycles. The molecule has 1 heterocycles. The number of rotatable bonds is 4. The molecule has 0 spiro atoms. The van der Waals surface area contributed by atoms with E-state index in [2.05, 4.69) is 0 Å². The van der Waals surface area contributed by atoms with Crippen molar-refractivity contribution in [2.24, 2.45) is 0 Å². The molecule has 0 bridgehead atoms. The van der Waals surface area contributed by atoms with Gasteiger partial charge in [-0.1, -0.05) is 0 Å². The molecule has 0 saturated carbocycles. The molecule has 0 aromatic heterocycles. The topological polar surface area (TPSA) is 44.5 Å². The number of ether oxygens (including phenoxy) is 2. The largest absolute Gasteiger partial charge is 0.493 e. The number of anilines is 1.